The Kier molecular flexibility index (Phi) is 5.71. The lowest BCUT2D eigenvalue weighted by Crippen LogP contribution is -2.22. The van der Waals surface area contributed by atoms with Gasteiger partial charge in [-0.3, -0.25) is 13.9 Å². The predicted molar refractivity (Wildman–Crippen MR) is 121 cm³/mol. The number of aryl methyl sites for hydroxylation is 1. The first-order chi connectivity index (χ1) is 15.4. The first-order valence-corrected chi connectivity index (χ1v) is 9.91. The van der Waals surface area contributed by atoms with Crippen LogP contribution >= 0.6 is 0 Å². The molecule has 0 bridgehead atoms. The Bertz CT molecular complexity index is 1310. The summed E-state index contributed by atoms with van der Waals surface area (Å²) in [7, 11) is 1.50. The van der Waals surface area contributed by atoms with Crippen molar-refractivity contribution in [1.82, 2.24) is 19.1 Å². The average Bonchev–Trinajstić information content (AvgIpc) is 3.03. The number of nitrogens with one attached hydrogen (secondary N) is 2. The van der Waals surface area contributed by atoms with Crippen molar-refractivity contribution in [2.45, 2.75) is 13.5 Å². The Labute approximate surface area is 184 Å². The zero-order valence-corrected chi connectivity index (χ0v) is 17.6. The maximum atomic E-state index is 12.7. The van der Waals surface area contributed by atoms with Crippen molar-refractivity contribution >= 4 is 23.2 Å². The van der Waals surface area contributed by atoms with Gasteiger partial charge in [-0.2, -0.15) is 0 Å². The summed E-state index contributed by atoms with van der Waals surface area (Å²) < 4.78 is 2.57. The fraction of sp³-hybridized carbons (Fsp3) is 0.130. The van der Waals surface area contributed by atoms with Gasteiger partial charge in [0.25, 0.3) is 5.91 Å². The molecular formula is C23H22N6O3. The Morgan fingerprint density at radius 1 is 1.09 bits per heavy atom. The topological polar surface area (TPSA) is 114 Å². The third-order valence-electron chi connectivity index (χ3n) is 5.02. The minimum absolute atomic E-state index is 0.100. The number of nitrogens with zero attached hydrogens (tertiary/aromatic N) is 4. The second kappa shape index (κ2) is 8.76. The molecule has 0 aliphatic carbocycles. The van der Waals surface area contributed by atoms with Crippen LogP contribution in [0.2, 0.25) is 0 Å². The van der Waals surface area contributed by atoms with Gasteiger partial charge in [0.1, 0.15) is 0 Å². The van der Waals surface area contributed by atoms with E-state index < -0.39 is 0 Å². The number of rotatable bonds is 6. The molecule has 3 N–H and O–H groups in total. The molecule has 2 aromatic heterocycles. The van der Waals surface area contributed by atoms with Crippen LogP contribution in [0.3, 0.4) is 0 Å². The zero-order valence-electron chi connectivity index (χ0n) is 17.6. The highest BCUT2D eigenvalue weighted by atomic mass is 16.3. The number of aromatic hydroxyl groups is 1. The third-order valence-corrected chi connectivity index (χ3v) is 5.02. The van der Waals surface area contributed by atoms with Crippen molar-refractivity contribution in [2.24, 2.45) is 7.05 Å². The highest BCUT2D eigenvalue weighted by Crippen LogP contribution is 2.23. The van der Waals surface area contributed by atoms with Crippen molar-refractivity contribution in [3.63, 3.8) is 0 Å². The van der Waals surface area contributed by atoms with Gasteiger partial charge in [-0.05, 0) is 48.4 Å². The number of imidazole rings is 1. The Morgan fingerprint density at radius 3 is 2.47 bits per heavy atom. The molecule has 9 nitrogen and oxygen atoms in total. The molecule has 32 heavy (non-hydrogen) atoms. The molecule has 1 amide bonds. The fourth-order valence-corrected chi connectivity index (χ4v) is 3.17. The molecule has 2 aromatic carbocycles. The van der Waals surface area contributed by atoms with E-state index in [2.05, 4.69) is 20.6 Å². The van der Waals surface area contributed by atoms with Gasteiger partial charge in [-0.25, -0.2) is 14.8 Å². The zero-order chi connectivity index (χ0) is 22.7. The highest BCUT2D eigenvalue weighted by Gasteiger charge is 2.10. The van der Waals surface area contributed by atoms with Gasteiger partial charge in [0.15, 0.2) is 0 Å². The van der Waals surface area contributed by atoms with E-state index in [1.165, 1.54) is 17.8 Å². The molecule has 0 unspecified atom stereocenters. The summed E-state index contributed by atoms with van der Waals surface area (Å²) in [6.07, 6.45) is 4.68. The van der Waals surface area contributed by atoms with Crippen LogP contribution < -0.4 is 16.3 Å². The standard InChI is InChI=1S/C23H22N6O3/c1-15-4-9-18(12-19(15)27-22-24-10-3-11-25-22)26-21(31)17-7-5-16(6-8-17)13-29-14-20(30)28(2)23(29)32/h3-12,14,30H,13H2,1-2H3,(H,26,31)(H,24,25,27). The largest absolute Gasteiger partial charge is 0.493 e. The number of carbonyl (C=O) groups is 1. The molecule has 162 valence electrons. The van der Waals surface area contributed by atoms with E-state index in [0.717, 1.165) is 21.4 Å². The summed E-state index contributed by atoms with van der Waals surface area (Å²) >= 11 is 0. The first kappa shape index (κ1) is 20.9. The maximum absolute atomic E-state index is 12.7. The van der Waals surface area contributed by atoms with E-state index in [9.17, 15) is 14.7 Å². The van der Waals surface area contributed by atoms with Crippen LogP contribution in [0.1, 0.15) is 21.5 Å². The Hall–Kier alpha value is -4.40. The van der Waals surface area contributed by atoms with Crippen molar-refractivity contribution in [2.75, 3.05) is 10.6 Å². The van der Waals surface area contributed by atoms with E-state index in [-0.39, 0.29) is 17.5 Å². The van der Waals surface area contributed by atoms with Crippen LogP contribution in [0.4, 0.5) is 17.3 Å². The molecule has 0 fully saturated rings. The molecule has 0 saturated heterocycles. The van der Waals surface area contributed by atoms with Gasteiger partial charge in [0.05, 0.1) is 12.7 Å². The predicted octanol–water partition coefficient (Wildman–Crippen LogP) is 3.04. The number of anilines is 3. The number of benzene rings is 2. The van der Waals surface area contributed by atoms with Gasteiger partial charge in [-0.1, -0.05) is 18.2 Å². The molecule has 4 aromatic rings. The summed E-state index contributed by atoms with van der Waals surface area (Å²) in [5.41, 5.74) is 3.42. The molecule has 0 aliphatic rings. The van der Waals surface area contributed by atoms with E-state index in [1.807, 2.05) is 25.1 Å². The van der Waals surface area contributed by atoms with Gasteiger partial charge in [0.2, 0.25) is 11.8 Å². The number of amides is 1. The Balaban J connectivity index is 1.45. The molecular weight excluding hydrogens is 408 g/mol. The molecule has 4 rings (SSSR count). The summed E-state index contributed by atoms with van der Waals surface area (Å²) in [4.78, 5) is 33.0. The summed E-state index contributed by atoms with van der Waals surface area (Å²) in [6.45, 7) is 2.25. The van der Waals surface area contributed by atoms with E-state index in [1.54, 1.807) is 42.7 Å². The van der Waals surface area contributed by atoms with Crippen molar-refractivity contribution in [3.05, 3.63) is 94.3 Å². The lowest BCUT2D eigenvalue weighted by molar-refractivity contribution is 0.102. The van der Waals surface area contributed by atoms with Gasteiger partial charge >= 0.3 is 5.69 Å². The van der Waals surface area contributed by atoms with Gasteiger partial charge < -0.3 is 15.7 Å². The molecule has 0 radical (unpaired) electrons. The van der Waals surface area contributed by atoms with E-state index in [0.29, 0.717) is 23.7 Å². The fourth-order valence-electron chi connectivity index (χ4n) is 3.17. The van der Waals surface area contributed by atoms with Crippen LogP contribution in [0.5, 0.6) is 5.88 Å². The monoisotopic (exact) mass is 430 g/mol. The SMILES string of the molecule is Cc1ccc(NC(=O)c2ccc(Cn3cc(O)n(C)c3=O)cc2)cc1Nc1ncccn1. The maximum Gasteiger partial charge on any atom is 0.331 e. The minimum Gasteiger partial charge on any atom is -0.493 e. The first-order valence-electron chi connectivity index (χ1n) is 9.91. The van der Waals surface area contributed by atoms with Crippen LogP contribution in [0, 0.1) is 6.92 Å². The number of carbonyl (C=O) groups excluding carboxylic acids is 1. The van der Waals surface area contributed by atoms with Crippen molar-refractivity contribution in [3.8, 4) is 5.88 Å². The van der Waals surface area contributed by atoms with Crippen LogP contribution in [-0.2, 0) is 13.6 Å². The normalized spacial score (nSPS) is 10.7. The minimum atomic E-state index is -0.311. The third kappa shape index (κ3) is 4.51. The molecule has 0 saturated carbocycles. The summed E-state index contributed by atoms with van der Waals surface area (Å²) in [5, 5.41) is 15.7. The molecule has 0 aliphatic heterocycles. The van der Waals surface area contributed by atoms with E-state index in [4.69, 9.17) is 0 Å². The number of hydrogen-bond acceptors (Lipinski definition) is 6. The molecule has 0 atom stereocenters. The average molecular weight is 430 g/mol. The molecule has 9 heteroatoms. The van der Waals surface area contributed by atoms with E-state index >= 15 is 0 Å². The smallest absolute Gasteiger partial charge is 0.331 e. The molecule has 2 heterocycles. The van der Waals surface area contributed by atoms with Crippen LogP contribution in [0.15, 0.2) is 71.9 Å². The van der Waals surface area contributed by atoms with Gasteiger partial charge in [-0.15, -0.1) is 0 Å². The summed E-state index contributed by atoms with van der Waals surface area (Å²) in [5.74, 6) is 0.120. The highest BCUT2D eigenvalue weighted by molar-refractivity contribution is 6.04. The van der Waals surface area contributed by atoms with Crippen LogP contribution in [-0.4, -0.2) is 30.1 Å². The number of hydrogen-bond donors (Lipinski definition) is 3. The number of aromatic nitrogens is 4. The van der Waals surface area contributed by atoms with Crippen molar-refractivity contribution < 1.29 is 9.90 Å². The Morgan fingerprint density at radius 2 is 1.81 bits per heavy atom. The van der Waals surface area contributed by atoms with Crippen molar-refractivity contribution in [1.29, 1.82) is 0 Å². The quantitative estimate of drug-likeness (QED) is 0.433. The van der Waals surface area contributed by atoms with Gasteiger partial charge in [0, 0.05) is 36.4 Å². The lowest BCUT2D eigenvalue weighted by atomic mass is 10.1. The molecule has 0 spiro atoms. The second-order valence-corrected chi connectivity index (χ2v) is 7.33. The van der Waals surface area contributed by atoms with Crippen LogP contribution in [0.25, 0.3) is 0 Å². The lowest BCUT2D eigenvalue weighted by Gasteiger charge is -2.11. The second-order valence-electron chi connectivity index (χ2n) is 7.33. The summed E-state index contributed by atoms with van der Waals surface area (Å²) in [6, 6.07) is 14.2.